The summed E-state index contributed by atoms with van der Waals surface area (Å²) < 4.78 is 14.9. The van der Waals surface area contributed by atoms with Crippen LogP contribution in [0.5, 0.6) is 0 Å². The Labute approximate surface area is 179 Å². The first-order valence-corrected chi connectivity index (χ1v) is 10.6. The number of fused-ring (bicyclic) bond motifs is 1. The van der Waals surface area contributed by atoms with Crippen LogP contribution < -0.4 is 5.56 Å². The normalized spacial score (nSPS) is 12.0. The van der Waals surface area contributed by atoms with Crippen molar-refractivity contribution in [3.8, 4) is 5.69 Å². The number of aromatic nitrogens is 2. The van der Waals surface area contributed by atoms with Crippen LogP contribution in [0.1, 0.15) is 20.8 Å². The van der Waals surface area contributed by atoms with E-state index in [1.807, 2.05) is 19.9 Å². The second-order valence-corrected chi connectivity index (χ2v) is 8.41. The smallest absolute Gasteiger partial charge is 0.266 e. The zero-order valence-electron chi connectivity index (χ0n) is 17.3. The van der Waals surface area contributed by atoms with E-state index >= 15 is 0 Å². The molecule has 0 spiro atoms. The predicted molar refractivity (Wildman–Crippen MR) is 120 cm³/mol. The third-order valence-corrected chi connectivity index (χ3v) is 5.65. The van der Waals surface area contributed by atoms with E-state index in [4.69, 9.17) is 0 Å². The average Bonchev–Trinajstić information content (AvgIpc) is 2.72. The first-order chi connectivity index (χ1) is 14.3. The maximum Gasteiger partial charge on any atom is 0.266 e. The largest absolute Gasteiger partial charge is 0.338 e. The molecule has 7 heteroatoms. The average molecular weight is 426 g/mol. The minimum absolute atomic E-state index is 0.0569. The van der Waals surface area contributed by atoms with Gasteiger partial charge in [0, 0.05) is 13.1 Å². The van der Waals surface area contributed by atoms with Gasteiger partial charge in [-0.25, -0.2) is 9.37 Å². The molecule has 3 aromatic rings. The van der Waals surface area contributed by atoms with Crippen LogP contribution in [0.3, 0.4) is 0 Å². The summed E-state index contributed by atoms with van der Waals surface area (Å²) >= 11 is 1.21. The van der Waals surface area contributed by atoms with Gasteiger partial charge in [0.05, 0.1) is 21.8 Å². The molecule has 30 heavy (non-hydrogen) atoms. The standard InChI is InChI=1S/C23H24FN3O2S/c1-5-26(14-15(2)3)21(28)16(4)30-23-25-20-9-7-6-8-19(20)22(29)27(23)18-12-10-17(24)11-13-18/h6-13,16H,2,5,14H2,1,3-4H3. The van der Waals surface area contributed by atoms with Gasteiger partial charge in [-0.1, -0.05) is 36.0 Å². The van der Waals surface area contributed by atoms with Crippen LogP contribution in [-0.4, -0.2) is 38.7 Å². The van der Waals surface area contributed by atoms with E-state index in [1.165, 1.54) is 40.6 Å². The van der Waals surface area contributed by atoms with Crippen LogP contribution in [0.4, 0.5) is 4.39 Å². The lowest BCUT2D eigenvalue weighted by Crippen LogP contribution is -2.37. The van der Waals surface area contributed by atoms with Gasteiger partial charge in [0.2, 0.25) is 5.91 Å². The fourth-order valence-electron chi connectivity index (χ4n) is 3.15. The first kappa shape index (κ1) is 21.8. The van der Waals surface area contributed by atoms with Crippen LogP contribution in [-0.2, 0) is 4.79 Å². The van der Waals surface area contributed by atoms with Gasteiger partial charge in [-0.3, -0.25) is 14.2 Å². The number of rotatable bonds is 7. The molecule has 3 rings (SSSR count). The summed E-state index contributed by atoms with van der Waals surface area (Å²) in [6, 6.07) is 12.7. The van der Waals surface area contributed by atoms with E-state index in [1.54, 1.807) is 30.0 Å². The molecule has 2 aromatic carbocycles. The first-order valence-electron chi connectivity index (χ1n) is 9.69. The van der Waals surface area contributed by atoms with Crippen molar-refractivity contribution < 1.29 is 9.18 Å². The summed E-state index contributed by atoms with van der Waals surface area (Å²) in [6.07, 6.45) is 0. The summed E-state index contributed by atoms with van der Waals surface area (Å²) in [5, 5.41) is 0.379. The highest BCUT2D eigenvalue weighted by atomic mass is 32.2. The molecule has 1 amide bonds. The van der Waals surface area contributed by atoms with Crippen LogP contribution in [0.25, 0.3) is 16.6 Å². The van der Waals surface area contributed by atoms with Crippen molar-refractivity contribution in [1.29, 1.82) is 0 Å². The van der Waals surface area contributed by atoms with Crippen molar-refractivity contribution in [2.75, 3.05) is 13.1 Å². The number of halogens is 1. The molecule has 0 fully saturated rings. The highest BCUT2D eigenvalue weighted by molar-refractivity contribution is 8.00. The SMILES string of the molecule is C=C(C)CN(CC)C(=O)C(C)Sc1nc2ccccc2c(=O)n1-c1ccc(F)cc1. The molecule has 0 bridgehead atoms. The topological polar surface area (TPSA) is 55.2 Å². The van der Waals surface area contributed by atoms with E-state index in [0.29, 0.717) is 34.8 Å². The van der Waals surface area contributed by atoms with Crippen molar-refractivity contribution in [1.82, 2.24) is 14.5 Å². The molecule has 0 saturated heterocycles. The van der Waals surface area contributed by atoms with Gasteiger partial charge in [-0.2, -0.15) is 0 Å². The molecule has 156 valence electrons. The third kappa shape index (κ3) is 4.62. The summed E-state index contributed by atoms with van der Waals surface area (Å²) in [5.41, 5.74) is 1.69. The number of amides is 1. The second kappa shape index (κ2) is 9.26. The Morgan fingerprint density at radius 3 is 2.53 bits per heavy atom. The Morgan fingerprint density at radius 2 is 1.90 bits per heavy atom. The number of carbonyl (C=O) groups excluding carboxylic acids is 1. The molecule has 5 nitrogen and oxygen atoms in total. The van der Waals surface area contributed by atoms with Crippen molar-refractivity contribution in [3.63, 3.8) is 0 Å². The quantitative estimate of drug-likeness (QED) is 0.319. The lowest BCUT2D eigenvalue weighted by molar-refractivity contribution is -0.129. The summed E-state index contributed by atoms with van der Waals surface area (Å²) in [5.74, 6) is -0.449. The van der Waals surface area contributed by atoms with E-state index < -0.39 is 11.1 Å². The van der Waals surface area contributed by atoms with Crippen LogP contribution in [0, 0.1) is 5.82 Å². The maximum absolute atomic E-state index is 13.4. The molecule has 1 unspecified atom stereocenters. The monoisotopic (exact) mass is 425 g/mol. The van der Waals surface area contributed by atoms with E-state index in [-0.39, 0.29) is 11.5 Å². The summed E-state index contributed by atoms with van der Waals surface area (Å²) in [7, 11) is 0. The van der Waals surface area contributed by atoms with Crippen LogP contribution in [0.15, 0.2) is 70.6 Å². The fourth-order valence-corrected chi connectivity index (χ4v) is 4.16. The van der Waals surface area contributed by atoms with E-state index in [9.17, 15) is 14.0 Å². The van der Waals surface area contributed by atoms with Gasteiger partial charge in [0.15, 0.2) is 5.16 Å². The Hall–Kier alpha value is -2.93. The van der Waals surface area contributed by atoms with Gasteiger partial charge < -0.3 is 4.90 Å². The lowest BCUT2D eigenvalue weighted by atomic mass is 10.2. The predicted octanol–water partition coefficient (Wildman–Crippen LogP) is 4.43. The van der Waals surface area contributed by atoms with Gasteiger partial charge >= 0.3 is 0 Å². The Balaban J connectivity index is 2.07. The molecule has 0 aliphatic rings. The number of likely N-dealkylation sites (N-methyl/N-ethyl adjacent to an activating group) is 1. The molecule has 0 saturated carbocycles. The molecular weight excluding hydrogens is 401 g/mol. The molecule has 0 aliphatic carbocycles. The number of hydrogen-bond donors (Lipinski definition) is 0. The maximum atomic E-state index is 13.4. The van der Waals surface area contributed by atoms with E-state index in [2.05, 4.69) is 11.6 Å². The summed E-state index contributed by atoms with van der Waals surface area (Å²) in [6.45, 7) is 10.5. The zero-order valence-corrected chi connectivity index (χ0v) is 18.1. The van der Waals surface area contributed by atoms with E-state index in [0.717, 1.165) is 5.57 Å². The number of thioether (sulfide) groups is 1. The molecule has 1 aromatic heterocycles. The fraction of sp³-hybridized carbons (Fsp3) is 0.261. The molecule has 0 N–H and O–H groups in total. The number of hydrogen-bond acceptors (Lipinski definition) is 4. The second-order valence-electron chi connectivity index (χ2n) is 7.10. The summed E-state index contributed by atoms with van der Waals surface area (Å²) in [4.78, 5) is 32.6. The van der Waals surface area contributed by atoms with Crippen LogP contribution in [0.2, 0.25) is 0 Å². The number of benzene rings is 2. The lowest BCUT2D eigenvalue weighted by Gasteiger charge is -2.24. The molecule has 0 radical (unpaired) electrons. The highest BCUT2D eigenvalue weighted by Gasteiger charge is 2.23. The number of carbonyl (C=O) groups is 1. The highest BCUT2D eigenvalue weighted by Crippen LogP contribution is 2.26. The Kier molecular flexibility index (Phi) is 6.72. The van der Waals surface area contributed by atoms with Gasteiger partial charge in [-0.05, 0) is 57.2 Å². The third-order valence-electron chi connectivity index (χ3n) is 4.61. The Bertz CT molecular complexity index is 1140. The minimum Gasteiger partial charge on any atom is -0.338 e. The van der Waals surface area contributed by atoms with Crippen molar-refractivity contribution in [3.05, 3.63) is 76.9 Å². The van der Waals surface area contributed by atoms with Crippen molar-refractivity contribution >= 4 is 28.6 Å². The minimum atomic E-state index is -0.468. The number of para-hydroxylation sites is 1. The van der Waals surface area contributed by atoms with Gasteiger partial charge in [0.1, 0.15) is 5.82 Å². The molecule has 1 atom stereocenters. The molecular formula is C23H24FN3O2S. The number of nitrogens with zero attached hydrogens (tertiary/aromatic N) is 3. The molecule has 0 aliphatic heterocycles. The van der Waals surface area contributed by atoms with Crippen molar-refractivity contribution in [2.24, 2.45) is 0 Å². The van der Waals surface area contributed by atoms with Gasteiger partial charge in [-0.15, -0.1) is 0 Å². The Morgan fingerprint density at radius 1 is 1.23 bits per heavy atom. The zero-order chi connectivity index (χ0) is 21.8. The van der Waals surface area contributed by atoms with Gasteiger partial charge in [0.25, 0.3) is 5.56 Å². The molecule has 1 heterocycles. The van der Waals surface area contributed by atoms with Crippen molar-refractivity contribution in [2.45, 2.75) is 31.2 Å². The van der Waals surface area contributed by atoms with Crippen LogP contribution >= 0.6 is 11.8 Å².